The van der Waals surface area contributed by atoms with Crippen molar-refractivity contribution in [3.63, 3.8) is 0 Å². The van der Waals surface area contributed by atoms with Crippen LogP contribution in [0.25, 0.3) is 11.3 Å². The molecule has 0 aliphatic heterocycles. The Balaban J connectivity index is 2.00. The van der Waals surface area contributed by atoms with Crippen LogP contribution in [0, 0.1) is 6.92 Å². The van der Waals surface area contributed by atoms with Crippen molar-refractivity contribution in [2.45, 2.75) is 51.5 Å². The minimum atomic E-state index is -2.57. The summed E-state index contributed by atoms with van der Waals surface area (Å²) >= 11 is 3.53. The molecule has 0 saturated heterocycles. The second kappa shape index (κ2) is 6.86. The van der Waals surface area contributed by atoms with Gasteiger partial charge in [-0.05, 0) is 43.5 Å². The van der Waals surface area contributed by atoms with E-state index in [0.717, 1.165) is 21.3 Å². The summed E-state index contributed by atoms with van der Waals surface area (Å²) in [5.74, 6) is -2.73. The molecule has 0 spiro atoms. The molecule has 0 unspecified atom stereocenters. The number of hydrogen-bond acceptors (Lipinski definition) is 2. The molecule has 1 aliphatic rings. The van der Waals surface area contributed by atoms with E-state index in [9.17, 15) is 13.6 Å². The van der Waals surface area contributed by atoms with Gasteiger partial charge in [0.05, 0.1) is 17.4 Å². The second-order valence-corrected chi connectivity index (χ2v) is 7.43. The summed E-state index contributed by atoms with van der Waals surface area (Å²) in [5.41, 5.74) is 3.33. The number of carbonyl (C=O) groups is 1. The Labute approximate surface area is 153 Å². The summed E-state index contributed by atoms with van der Waals surface area (Å²) in [7, 11) is 0. The van der Waals surface area contributed by atoms with Gasteiger partial charge in [-0.2, -0.15) is 5.10 Å². The van der Waals surface area contributed by atoms with Gasteiger partial charge in [-0.15, -0.1) is 0 Å². The van der Waals surface area contributed by atoms with Crippen molar-refractivity contribution in [3.05, 3.63) is 34.4 Å². The molecule has 3 rings (SSSR count). The fraction of sp³-hybridized carbons (Fsp3) is 0.444. The number of aryl methyl sites for hydroxylation is 1. The molecule has 1 N–H and O–H groups in total. The molecule has 1 saturated carbocycles. The molecular weight excluding hydrogens is 392 g/mol. The Morgan fingerprint density at radius 1 is 1.36 bits per heavy atom. The van der Waals surface area contributed by atoms with E-state index in [1.165, 1.54) is 6.92 Å². The topological polar surface area (TPSA) is 46.9 Å². The Bertz CT molecular complexity index is 794. The Hall–Kier alpha value is -1.76. The average Bonchev–Trinajstić information content (AvgIpc) is 2.99. The van der Waals surface area contributed by atoms with Crippen LogP contribution in [0.1, 0.15) is 44.2 Å². The molecule has 4 nitrogen and oxygen atoms in total. The molecule has 2 aromatic rings. The number of alkyl halides is 2. The van der Waals surface area contributed by atoms with Crippen LogP contribution in [0.4, 0.5) is 14.5 Å². The van der Waals surface area contributed by atoms with Crippen molar-refractivity contribution in [2.24, 2.45) is 0 Å². The van der Waals surface area contributed by atoms with E-state index in [0.29, 0.717) is 18.5 Å². The van der Waals surface area contributed by atoms with Gasteiger partial charge in [0.1, 0.15) is 0 Å². The highest BCUT2D eigenvalue weighted by Crippen LogP contribution is 2.41. The largest absolute Gasteiger partial charge is 0.326 e. The minimum Gasteiger partial charge on any atom is -0.326 e. The highest BCUT2D eigenvalue weighted by Gasteiger charge is 2.36. The maximum atomic E-state index is 13.5. The summed E-state index contributed by atoms with van der Waals surface area (Å²) in [6, 6.07) is 5.63. The van der Waals surface area contributed by atoms with Crippen LogP contribution in [0.15, 0.2) is 28.9 Å². The first-order valence-corrected chi connectivity index (χ1v) is 9.05. The molecule has 1 fully saturated rings. The fourth-order valence-corrected chi connectivity index (χ4v) is 3.62. The maximum Gasteiger partial charge on any atom is 0.248 e. The van der Waals surface area contributed by atoms with Gasteiger partial charge >= 0.3 is 0 Å². The highest BCUT2D eigenvalue weighted by atomic mass is 79.9. The lowest BCUT2D eigenvalue weighted by Crippen LogP contribution is -2.27. The summed E-state index contributed by atoms with van der Waals surface area (Å²) < 4.78 is 29.7. The summed E-state index contributed by atoms with van der Waals surface area (Å²) in [5, 5.41) is 7.23. The molecule has 25 heavy (non-hydrogen) atoms. The van der Waals surface area contributed by atoms with E-state index in [1.807, 2.05) is 29.8 Å². The van der Waals surface area contributed by atoms with Crippen LogP contribution < -0.4 is 5.32 Å². The number of rotatable bonds is 3. The number of carbonyl (C=O) groups excluding carboxylic acids is 1. The molecule has 0 radical (unpaired) electrons. The monoisotopic (exact) mass is 411 g/mol. The SMILES string of the molecule is CC(=O)Nc1cc(C)c(Br)cc1-c1ccnn1C1CCC(F)(F)CC1. The maximum absolute atomic E-state index is 13.5. The lowest BCUT2D eigenvalue weighted by molar-refractivity contribution is -0.114. The molecule has 1 aromatic carbocycles. The molecule has 1 aromatic heterocycles. The van der Waals surface area contributed by atoms with Gasteiger partial charge in [0.25, 0.3) is 0 Å². The number of nitrogens with one attached hydrogen (secondary N) is 1. The molecular formula is C18H20BrF2N3O. The zero-order valence-electron chi connectivity index (χ0n) is 14.2. The Morgan fingerprint density at radius 2 is 2.04 bits per heavy atom. The van der Waals surface area contributed by atoms with E-state index < -0.39 is 5.92 Å². The summed E-state index contributed by atoms with van der Waals surface area (Å²) in [4.78, 5) is 11.6. The third-order valence-electron chi connectivity index (χ3n) is 4.59. The van der Waals surface area contributed by atoms with Crippen molar-refractivity contribution < 1.29 is 13.6 Å². The van der Waals surface area contributed by atoms with Crippen LogP contribution in [0.5, 0.6) is 0 Å². The predicted molar refractivity (Wildman–Crippen MR) is 96.9 cm³/mol. The number of aromatic nitrogens is 2. The Kier molecular flexibility index (Phi) is 4.95. The van der Waals surface area contributed by atoms with Crippen LogP contribution in [0.3, 0.4) is 0 Å². The predicted octanol–water partition coefficient (Wildman–Crippen LogP) is 5.33. The van der Waals surface area contributed by atoms with Gasteiger partial charge in [0.2, 0.25) is 11.8 Å². The fourth-order valence-electron chi connectivity index (χ4n) is 3.27. The van der Waals surface area contributed by atoms with Crippen molar-refractivity contribution in [3.8, 4) is 11.3 Å². The van der Waals surface area contributed by atoms with Gasteiger partial charge in [-0.1, -0.05) is 15.9 Å². The van der Waals surface area contributed by atoms with Crippen molar-refractivity contribution in [1.29, 1.82) is 0 Å². The molecule has 1 heterocycles. The van der Waals surface area contributed by atoms with Gasteiger partial charge in [0.15, 0.2) is 0 Å². The summed E-state index contributed by atoms with van der Waals surface area (Å²) in [6.07, 6.45) is 2.22. The van der Waals surface area contributed by atoms with Gasteiger partial charge in [0, 0.05) is 36.0 Å². The number of anilines is 1. The average molecular weight is 412 g/mol. The van der Waals surface area contributed by atoms with Gasteiger partial charge in [-0.3, -0.25) is 9.48 Å². The third-order valence-corrected chi connectivity index (χ3v) is 5.44. The standard InChI is InChI=1S/C18H20BrF2N3O/c1-11-9-16(23-12(2)25)14(10-15(11)19)17-5-8-22-24(17)13-3-6-18(20,21)7-4-13/h5,8-10,13H,3-4,6-7H2,1-2H3,(H,23,25). The number of hydrogen-bond donors (Lipinski definition) is 1. The summed E-state index contributed by atoms with van der Waals surface area (Å²) in [6.45, 7) is 3.40. The second-order valence-electron chi connectivity index (χ2n) is 6.58. The zero-order chi connectivity index (χ0) is 18.2. The third kappa shape index (κ3) is 3.92. The molecule has 1 aliphatic carbocycles. The van der Waals surface area contributed by atoms with Crippen molar-refractivity contribution in [2.75, 3.05) is 5.32 Å². The lowest BCUT2D eigenvalue weighted by Gasteiger charge is -2.29. The van der Waals surface area contributed by atoms with Crippen molar-refractivity contribution in [1.82, 2.24) is 9.78 Å². The van der Waals surface area contributed by atoms with Gasteiger partial charge in [-0.25, -0.2) is 8.78 Å². The van der Waals surface area contributed by atoms with Gasteiger partial charge < -0.3 is 5.32 Å². The molecule has 0 atom stereocenters. The first kappa shape index (κ1) is 18.0. The number of amides is 1. The first-order valence-electron chi connectivity index (χ1n) is 8.26. The smallest absolute Gasteiger partial charge is 0.248 e. The van der Waals surface area contributed by atoms with E-state index in [4.69, 9.17) is 0 Å². The van der Waals surface area contributed by atoms with Crippen LogP contribution in [-0.2, 0) is 4.79 Å². The quantitative estimate of drug-likeness (QED) is 0.741. The molecule has 134 valence electrons. The van der Waals surface area contributed by atoms with E-state index >= 15 is 0 Å². The number of halogens is 3. The number of nitrogens with zero attached hydrogens (tertiary/aromatic N) is 2. The van der Waals surface area contributed by atoms with E-state index in [-0.39, 0.29) is 24.8 Å². The first-order chi connectivity index (χ1) is 11.8. The normalized spacial score (nSPS) is 17.5. The Morgan fingerprint density at radius 3 is 2.68 bits per heavy atom. The van der Waals surface area contributed by atoms with Crippen LogP contribution >= 0.6 is 15.9 Å². The number of benzene rings is 1. The van der Waals surface area contributed by atoms with E-state index in [2.05, 4.69) is 26.3 Å². The van der Waals surface area contributed by atoms with Crippen LogP contribution in [-0.4, -0.2) is 21.6 Å². The zero-order valence-corrected chi connectivity index (χ0v) is 15.7. The lowest BCUT2D eigenvalue weighted by atomic mass is 9.92. The van der Waals surface area contributed by atoms with Crippen LogP contribution in [0.2, 0.25) is 0 Å². The van der Waals surface area contributed by atoms with Crippen molar-refractivity contribution >= 4 is 27.5 Å². The molecule has 0 bridgehead atoms. The molecule has 7 heteroatoms. The molecule has 1 amide bonds. The highest BCUT2D eigenvalue weighted by molar-refractivity contribution is 9.10. The minimum absolute atomic E-state index is 0.0603. The van der Waals surface area contributed by atoms with E-state index in [1.54, 1.807) is 6.20 Å².